The smallest absolute Gasteiger partial charge is 0.346 e. The fraction of sp³-hybridized carbons (Fsp3) is 0.750. The highest BCUT2D eigenvalue weighted by Crippen LogP contribution is 2.58. The van der Waals surface area contributed by atoms with Gasteiger partial charge in [0.1, 0.15) is 6.61 Å². The van der Waals surface area contributed by atoms with E-state index in [0.717, 1.165) is 0 Å². The quantitative estimate of drug-likeness (QED) is 0.673. The summed E-state index contributed by atoms with van der Waals surface area (Å²) in [7, 11) is -4.33. The molecule has 0 saturated heterocycles. The van der Waals surface area contributed by atoms with E-state index in [-0.39, 0.29) is 12.8 Å². The predicted molar refractivity (Wildman–Crippen MR) is 52.3 cm³/mol. The van der Waals surface area contributed by atoms with E-state index in [9.17, 15) is 14.3 Å². The number of aliphatic carboxylic acids is 1. The van der Waals surface area contributed by atoms with Crippen molar-refractivity contribution < 1.29 is 23.9 Å². The molecule has 15 heavy (non-hydrogen) atoms. The largest absolute Gasteiger partial charge is 0.480 e. The third kappa shape index (κ3) is 2.57. The van der Waals surface area contributed by atoms with Crippen molar-refractivity contribution in [3.8, 4) is 6.07 Å². The van der Waals surface area contributed by atoms with Crippen molar-refractivity contribution in [1.29, 1.82) is 5.26 Å². The van der Waals surface area contributed by atoms with Gasteiger partial charge >= 0.3 is 13.6 Å². The number of hydrogen-bond acceptors (Lipinski definition) is 4. The molecule has 0 aliphatic rings. The van der Waals surface area contributed by atoms with E-state index in [1.54, 1.807) is 0 Å². The lowest BCUT2D eigenvalue weighted by molar-refractivity contribution is -0.141. The van der Waals surface area contributed by atoms with Gasteiger partial charge in [0.15, 0.2) is 5.16 Å². The molecule has 1 atom stereocenters. The van der Waals surface area contributed by atoms with Gasteiger partial charge in [0, 0.05) is 0 Å². The molecule has 0 amide bonds. The standard InChI is InChI=1S/C8H14NO5P/c1-3-8(4-2,7(10)11)15(12,13)14-6-5-9/h3-4,6H2,1-2H3,(H,10,11)(H,12,13). The first kappa shape index (κ1) is 14.1. The molecule has 0 spiro atoms. The molecule has 6 nitrogen and oxygen atoms in total. The molecule has 86 valence electrons. The zero-order valence-corrected chi connectivity index (χ0v) is 9.53. The van der Waals surface area contributed by atoms with Gasteiger partial charge in [0.2, 0.25) is 0 Å². The van der Waals surface area contributed by atoms with Gasteiger partial charge in [0.25, 0.3) is 0 Å². The van der Waals surface area contributed by atoms with Crippen LogP contribution in [-0.4, -0.2) is 27.7 Å². The molecule has 0 aliphatic heterocycles. The zero-order chi connectivity index (χ0) is 12.1. The number of carbonyl (C=O) groups is 1. The second-order valence-electron chi connectivity index (χ2n) is 3.00. The lowest BCUT2D eigenvalue weighted by Crippen LogP contribution is -2.37. The van der Waals surface area contributed by atoms with Gasteiger partial charge < -0.3 is 10.00 Å². The Balaban J connectivity index is 5.16. The van der Waals surface area contributed by atoms with E-state index in [1.165, 1.54) is 19.9 Å². The molecule has 0 aromatic heterocycles. The third-order valence-corrected chi connectivity index (χ3v) is 4.80. The molecular weight excluding hydrogens is 221 g/mol. The molecule has 0 aromatic rings. The molecule has 2 N–H and O–H groups in total. The summed E-state index contributed by atoms with van der Waals surface area (Å²) < 4.78 is 16.2. The lowest BCUT2D eigenvalue weighted by atomic mass is 10.0. The van der Waals surface area contributed by atoms with Crippen molar-refractivity contribution in [3.05, 3.63) is 0 Å². The summed E-state index contributed by atoms with van der Waals surface area (Å²) in [5.41, 5.74) is 0. The highest BCUT2D eigenvalue weighted by molar-refractivity contribution is 7.55. The van der Waals surface area contributed by atoms with Gasteiger partial charge in [-0.1, -0.05) is 13.8 Å². The van der Waals surface area contributed by atoms with Crippen LogP contribution in [0.5, 0.6) is 0 Å². The van der Waals surface area contributed by atoms with Crippen molar-refractivity contribution >= 4 is 13.6 Å². The summed E-state index contributed by atoms with van der Waals surface area (Å²) >= 11 is 0. The van der Waals surface area contributed by atoms with Crippen molar-refractivity contribution in [2.75, 3.05) is 6.61 Å². The van der Waals surface area contributed by atoms with E-state index in [4.69, 9.17) is 10.4 Å². The van der Waals surface area contributed by atoms with E-state index in [0.29, 0.717) is 0 Å². The molecular formula is C8H14NO5P. The molecule has 0 radical (unpaired) electrons. The predicted octanol–water partition coefficient (Wildman–Crippen LogP) is 1.36. The van der Waals surface area contributed by atoms with Crippen molar-refractivity contribution in [2.45, 2.75) is 31.8 Å². The van der Waals surface area contributed by atoms with Gasteiger partial charge in [0.05, 0.1) is 6.07 Å². The van der Waals surface area contributed by atoms with Gasteiger partial charge in [-0.2, -0.15) is 5.26 Å². The van der Waals surface area contributed by atoms with Crippen molar-refractivity contribution in [1.82, 2.24) is 0 Å². The maximum Gasteiger partial charge on any atom is 0.346 e. The molecule has 0 aliphatic carbocycles. The zero-order valence-electron chi connectivity index (χ0n) is 8.63. The molecule has 0 aromatic carbocycles. The number of nitrogens with zero attached hydrogens (tertiary/aromatic N) is 1. The van der Waals surface area contributed by atoms with Gasteiger partial charge in [-0.25, -0.2) is 0 Å². The van der Waals surface area contributed by atoms with Crippen LogP contribution in [0.2, 0.25) is 0 Å². The second kappa shape index (κ2) is 5.26. The monoisotopic (exact) mass is 235 g/mol. The third-order valence-electron chi connectivity index (χ3n) is 2.41. The van der Waals surface area contributed by atoms with Crippen LogP contribution in [0.15, 0.2) is 0 Å². The van der Waals surface area contributed by atoms with Crippen LogP contribution in [0.3, 0.4) is 0 Å². The molecule has 0 fully saturated rings. The highest BCUT2D eigenvalue weighted by atomic mass is 31.2. The molecule has 0 saturated carbocycles. The summed E-state index contributed by atoms with van der Waals surface area (Å²) in [5, 5.41) is 15.4. The maximum atomic E-state index is 11.7. The van der Waals surface area contributed by atoms with Crippen molar-refractivity contribution in [2.24, 2.45) is 0 Å². The van der Waals surface area contributed by atoms with Gasteiger partial charge in [-0.05, 0) is 12.8 Å². The van der Waals surface area contributed by atoms with Crippen LogP contribution in [0.4, 0.5) is 0 Å². The molecule has 0 heterocycles. The lowest BCUT2D eigenvalue weighted by Gasteiger charge is -2.29. The summed E-state index contributed by atoms with van der Waals surface area (Å²) in [4.78, 5) is 20.5. The molecule has 7 heteroatoms. The topological polar surface area (TPSA) is 108 Å². The summed E-state index contributed by atoms with van der Waals surface area (Å²) in [6.45, 7) is 2.40. The number of carboxylic acid groups (broad SMARTS) is 1. The van der Waals surface area contributed by atoms with Crippen LogP contribution in [0, 0.1) is 11.3 Å². The average molecular weight is 235 g/mol. The number of carboxylic acids is 1. The van der Waals surface area contributed by atoms with E-state index in [2.05, 4.69) is 4.52 Å². The van der Waals surface area contributed by atoms with Crippen LogP contribution >= 0.6 is 7.60 Å². The van der Waals surface area contributed by atoms with Crippen LogP contribution in [0.1, 0.15) is 26.7 Å². The summed E-state index contributed by atoms with van der Waals surface area (Å²) in [6, 6.07) is 1.54. The van der Waals surface area contributed by atoms with E-state index in [1.807, 2.05) is 0 Å². The maximum absolute atomic E-state index is 11.7. The number of rotatable bonds is 6. The Hall–Kier alpha value is -0.890. The van der Waals surface area contributed by atoms with Crippen LogP contribution in [-0.2, 0) is 13.9 Å². The minimum absolute atomic E-state index is 0.0297. The first-order chi connectivity index (χ1) is 6.88. The Morgan fingerprint density at radius 2 is 2.00 bits per heavy atom. The summed E-state index contributed by atoms with van der Waals surface area (Å²) in [5.74, 6) is -1.38. The first-order valence-electron chi connectivity index (χ1n) is 4.45. The minimum atomic E-state index is -4.33. The van der Waals surface area contributed by atoms with Crippen LogP contribution < -0.4 is 0 Å². The minimum Gasteiger partial charge on any atom is -0.480 e. The van der Waals surface area contributed by atoms with Crippen LogP contribution in [0.25, 0.3) is 0 Å². The Morgan fingerprint density at radius 1 is 1.53 bits per heavy atom. The molecule has 1 unspecified atom stereocenters. The first-order valence-corrected chi connectivity index (χ1v) is 6.03. The number of hydrogen-bond donors (Lipinski definition) is 2. The van der Waals surface area contributed by atoms with E-state index < -0.39 is 25.3 Å². The Labute approximate surface area is 88.0 Å². The fourth-order valence-corrected chi connectivity index (χ4v) is 2.83. The Kier molecular flexibility index (Phi) is 4.95. The van der Waals surface area contributed by atoms with Gasteiger partial charge in [-0.15, -0.1) is 0 Å². The Bertz CT molecular complexity index is 317. The van der Waals surface area contributed by atoms with Crippen molar-refractivity contribution in [3.63, 3.8) is 0 Å². The highest BCUT2D eigenvalue weighted by Gasteiger charge is 2.52. The molecule has 0 rings (SSSR count). The van der Waals surface area contributed by atoms with E-state index >= 15 is 0 Å². The molecule has 0 bridgehead atoms. The normalized spacial score (nSPS) is 15.3. The summed E-state index contributed by atoms with van der Waals surface area (Å²) in [6.07, 6.45) is -0.0594. The SMILES string of the molecule is CCC(CC)(C(=O)O)P(=O)(O)OCC#N. The average Bonchev–Trinajstić information content (AvgIpc) is 2.16. The Morgan fingerprint density at radius 3 is 2.27 bits per heavy atom. The second-order valence-corrected chi connectivity index (χ2v) is 5.15. The number of nitriles is 1. The fourth-order valence-electron chi connectivity index (χ4n) is 1.31. The van der Waals surface area contributed by atoms with Gasteiger partial charge in [-0.3, -0.25) is 13.9 Å².